The lowest BCUT2D eigenvalue weighted by atomic mass is 9.86. The van der Waals surface area contributed by atoms with E-state index >= 15 is 0 Å². The molecule has 0 saturated heterocycles. The molecule has 0 aliphatic carbocycles. The number of ether oxygens (including phenoxy) is 1. The Kier molecular flexibility index (Phi) is 7.03. The van der Waals surface area contributed by atoms with E-state index in [0.29, 0.717) is 11.2 Å². The first-order valence-corrected chi connectivity index (χ1v) is 8.00. The third-order valence-corrected chi connectivity index (χ3v) is 4.05. The number of phenolic OH excluding ortho intramolecular Hbond substituents is 1. The van der Waals surface area contributed by atoms with Gasteiger partial charge in [0.1, 0.15) is 0 Å². The van der Waals surface area contributed by atoms with E-state index in [1.807, 2.05) is 12.1 Å². The molecule has 120 valence electrons. The number of hydrogen-bond donors (Lipinski definition) is 2. The minimum Gasteiger partial charge on any atom is -0.504 e. The molecule has 0 saturated carbocycles. The van der Waals surface area contributed by atoms with Gasteiger partial charge in [-0.25, -0.2) is 0 Å². The highest BCUT2D eigenvalue weighted by Crippen LogP contribution is 2.29. The van der Waals surface area contributed by atoms with Crippen LogP contribution in [0.15, 0.2) is 18.2 Å². The van der Waals surface area contributed by atoms with Crippen molar-refractivity contribution in [2.45, 2.75) is 59.4 Å². The highest BCUT2D eigenvalue weighted by atomic mass is 16.5. The number of rotatable bonds is 9. The second-order valence-corrected chi connectivity index (χ2v) is 6.66. The average molecular weight is 293 g/mol. The molecule has 1 unspecified atom stereocenters. The van der Waals surface area contributed by atoms with Crippen molar-refractivity contribution in [3.8, 4) is 11.5 Å². The van der Waals surface area contributed by atoms with Crippen molar-refractivity contribution >= 4 is 0 Å². The van der Waals surface area contributed by atoms with Crippen molar-refractivity contribution in [3.05, 3.63) is 23.8 Å². The molecule has 1 atom stereocenters. The van der Waals surface area contributed by atoms with Crippen LogP contribution in [0.25, 0.3) is 0 Å². The van der Waals surface area contributed by atoms with Crippen molar-refractivity contribution in [1.29, 1.82) is 0 Å². The van der Waals surface area contributed by atoms with E-state index in [4.69, 9.17) is 4.74 Å². The first-order valence-electron chi connectivity index (χ1n) is 8.00. The van der Waals surface area contributed by atoms with Gasteiger partial charge in [0.15, 0.2) is 11.5 Å². The van der Waals surface area contributed by atoms with Gasteiger partial charge in [-0.3, -0.25) is 0 Å². The molecule has 0 fully saturated rings. The van der Waals surface area contributed by atoms with Crippen LogP contribution in [-0.2, 0) is 0 Å². The van der Waals surface area contributed by atoms with Gasteiger partial charge < -0.3 is 15.2 Å². The molecular weight excluding hydrogens is 262 g/mol. The van der Waals surface area contributed by atoms with Crippen LogP contribution in [0.1, 0.15) is 65.0 Å². The molecular formula is C18H31NO2. The molecule has 0 aliphatic rings. The number of nitrogens with one attached hydrogen (secondary N) is 1. The second-order valence-electron chi connectivity index (χ2n) is 6.66. The summed E-state index contributed by atoms with van der Waals surface area (Å²) in [7, 11) is 1.58. The summed E-state index contributed by atoms with van der Waals surface area (Å²) in [5, 5.41) is 13.3. The third-order valence-electron chi connectivity index (χ3n) is 4.05. The molecule has 0 radical (unpaired) electrons. The lowest BCUT2D eigenvalue weighted by Gasteiger charge is -2.27. The highest BCUT2D eigenvalue weighted by molar-refractivity contribution is 5.42. The maximum absolute atomic E-state index is 9.65. The Morgan fingerprint density at radius 2 is 2.00 bits per heavy atom. The molecule has 0 heterocycles. The van der Waals surface area contributed by atoms with Crippen LogP contribution >= 0.6 is 0 Å². The number of hydrogen-bond acceptors (Lipinski definition) is 3. The quantitative estimate of drug-likeness (QED) is 0.651. The Hall–Kier alpha value is -1.22. The molecule has 0 bridgehead atoms. The molecule has 0 amide bonds. The fourth-order valence-electron chi connectivity index (χ4n) is 2.45. The zero-order chi connectivity index (χ0) is 15.9. The van der Waals surface area contributed by atoms with Gasteiger partial charge in [-0.2, -0.15) is 0 Å². The Morgan fingerprint density at radius 3 is 2.62 bits per heavy atom. The van der Waals surface area contributed by atoms with Crippen LogP contribution < -0.4 is 10.1 Å². The minimum absolute atomic E-state index is 0.188. The van der Waals surface area contributed by atoms with Gasteiger partial charge in [-0.15, -0.1) is 0 Å². The Bertz CT molecular complexity index is 429. The lowest BCUT2D eigenvalue weighted by Crippen LogP contribution is -2.31. The normalized spacial score (nSPS) is 13.2. The van der Waals surface area contributed by atoms with Crippen molar-refractivity contribution in [3.63, 3.8) is 0 Å². The third kappa shape index (κ3) is 5.96. The van der Waals surface area contributed by atoms with Crippen LogP contribution in [0.3, 0.4) is 0 Å². The maximum Gasteiger partial charge on any atom is 0.160 e. The van der Waals surface area contributed by atoms with Gasteiger partial charge in [-0.1, -0.05) is 46.1 Å². The van der Waals surface area contributed by atoms with Gasteiger partial charge in [0, 0.05) is 12.6 Å². The summed E-state index contributed by atoms with van der Waals surface area (Å²) >= 11 is 0. The van der Waals surface area contributed by atoms with Crippen molar-refractivity contribution < 1.29 is 9.84 Å². The molecule has 0 aliphatic heterocycles. The molecule has 3 heteroatoms. The van der Waals surface area contributed by atoms with Crippen LogP contribution in [0.5, 0.6) is 11.5 Å². The Balaban J connectivity index is 2.54. The summed E-state index contributed by atoms with van der Waals surface area (Å²) in [6.45, 7) is 10.0. The zero-order valence-electron chi connectivity index (χ0n) is 14.2. The van der Waals surface area contributed by atoms with Crippen molar-refractivity contribution in [2.75, 3.05) is 13.7 Å². The molecule has 2 N–H and O–H groups in total. The smallest absolute Gasteiger partial charge is 0.160 e. The molecule has 0 aromatic heterocycles. The van der Waals surface area contributed by atoms with Gasteiger partial charge >= 0.3 is 0 Å². The van der Waals surface area contributed by atoms with E-state index in [1.165, 1.54) is 25.7 Å². The Labute approximate surface area is 129 Å². The predicted octanol–water partition coefficient (Wildman–Crippen LogP) is 4.66. The largest absolute Gasteiger partial charge is 0.504 e. The van der Waals surface area contributed by atoms with E-state index in [0.717, 1.165) is 12.1 Å². The van der Waals surface area contributed by atoms with E-state index < -0.39 is 0 Å². The van der Waals surface area contributed by atoms with E-state index in [1.54, 1.807) is 13.2 Å². The molecule has 0 spiro atoms. The van der Waals surface area contributed by atoms with E-state index in [2.05, 4.69) is 33.0 Å². The standard InChI is InChI=1S/C18H31NO2/c1-6-7-8-11-18(3,4)13-19-14(2)15-9-10-16(20)17(12-15)21-5/h9-10,12,14,19-20H,6-8,11,13H2,1-5H3. The topological polar surface area (TPSA) is 41.5 Å². The highest BCUT2D eigenvalue weighted by Gasteiger charge is 2.18. The van der Waals surface area contributed by atoms with Crippen LogP contribution in [-0.4, -0.2) is 18.8 Å². The fourth-order valence-corrected chi connectivity index (χ4v) is 2.45. The summed E-state index contributed by atoms with van der Waals surface area (Å²) in [5.41, 5.74) is 1.44. The number of methoxy groups -OCH3 is 1. The summed E-state index contributed by atoms with van der Waals surface area (Å²) in [5.74, 6) is 0.719. The number of unbranched alkanes of at least 4 members (excludes halogenated alkanes) is 2. The van der Waals surface area contributed by atoms with Gasteiger partial charge in [0.25, 0.3) is 0 Å². The first-order chi connectivity index (χ1) is 9.89. The fraction of sp³-hybridized carbons (Fsp3) is 0.667. The van der Waals surface area contributed by atoms with Crippen molar-refractivity contribution in [1.82, 2.24) is 5.32 Å². The second kappa shape index (κ2) is 8.28. The molecule has 1 rings (SSSR count). The van der Waals surface area contributed by atoms with Gasteiger partial charge in [-0.05, 0) is 36.5 Å². The zero-order valence-corrected chi connectivity index (χ0v) is 14.2. The number of benzene rings is 1. The van der Waals surface area contributed by atoms with Crippen LogP contribution in [0, 0.1) is 5.41 Å². The van der Waals surface area contributed by atoms with Crippen LogP contribution in [0.2, 0.25) is 0 Å². The maximum atomic E-state index is 9.65. The summed E-state index contributed by atoms with van der Waals surface area (Å²) < 4.78 is 5.17. The SMILES string of the molecule is CCCCCC(C)(C)CNC(C)c1ccc(O)c(OC)c1. The summed E-state index contributed by atoms with van der Waals surface area (Å²) in [6, 6.07) is 5.78. The van der Waals surface area contributed by atoms with Crippen LogP contribution in [0.4, 0.5) is 0 Å². The minimum atomic E-state index is 0.188. The summed E-state index contributed by atoms with van der Waals surface area (Å²) in [6.07, 6.45) is 5.13. The van der Waals surface area contributed by atoms with E-state index in [9.17, 15) is 5.11 Å². The molecule has 1 aromatic rings. The number of phenols is 1. The van der Waals surface area contributed by atoms with Gasteiger partial charge in [0.2, 0.25) is 0 Å². The molecule has 1 aromatic carbocycles. The average Bonchev–Trinajstić information content (AvgIpc) is 2.45. The molecule has 3 nitrogen and oxygen atoms in total. The predicted molar refractivity (Wildman–Crippen MR) is 89.0 cm³/mol. The monoisotopic (exact) mass is 293 g/mol. The lowest BCUT2D eigenvalue weighted by molar-refractivity contribution is 0.290. The number of aromatic hydroxyl groups is 1. The van der Waals surface area contributed by atoms with Crippen molar-refractivity contribution in [2.24, 2.45) is 5.41 Å². The Morgan fingerprint density at radius 1 is 1.29 bits per heavy atom. The molecule has 21 heavy (non-hydrogen) atoms. The summed E-state index contributed by atoms with van der Waals surface area (Å²) in [4.78, 5) is 0. The first kappa shape index (κ1) is 17.8. The van der Waals surface area contributed by atoms with E-state index in [-0.39, 0.29) is 11.8 Å². The van der Waals surface area contributed by atoms with Gasteiger partial charge in [0.05, 0.1) is 7.11 Å².